The van der Waals surface area contributed by atoms with E-state index in [1.807, 2.05) is 0 Å². The van der Waals surface area contributed by atoms with Crippen LogP contribution in [0.1, 0.15) is 66.2 Å². The van der Waals surface area contributed by atoms with Crippen molar-refractivity contribution in [1.29, 1.82) is 0 Å². The van der Waals surface area contributed by atoms with Crippen LogP contribution in [0.25, 0.3) is 0 Å². The summed E-state index contributed by atoms with van der Waals surface area (Å²) in [5.74, 6) is 0. The lowest BCUT2D eigenvalue weighted by molar-refractivity contribution is -0.385. The van der Waals surface area contributed by atoms with Gasteiger partial charge in [-0.3, -0.25) is 0 Å². The van der Waals surface area contributed by atoms with Crippen molar-refractivity contribution in [1.82, 2.24) is 0 Å². The number of hydrogen-bond acceptors (Lipinski definition) is 2. The van der Waals surface area contributed by atoms with Crippen LogP contribution < -0.4 is 0 Å². The summed E-state index contributed by atoms with van der Waals surface area (Å²) in [6.07, 6.45) is 7.17. The summed E-state index contributed by atoms with van der Waals surface area (Å²) in [6, 6.07) is 0. The number of rotatable bonds is 5. The molecule has 90 valence electrons. The molecule has 0 radical (unpaired) electrons. The van der Waals surface area contributed by atoms with E-state index in [-0.39, 0.29) is 11.0 Å². The fourth-order valence-electron chi connectivity index (χ4n) is 2.16. The second kappa shape index (κ2) is 5.31. The molecular weight excluding hydrogens is 188 g/mol. The highest BCUT2D eigenvalue weighted by Gasteiger charge is 2.45. The fraction of sp³-hybridized carbons (Fsp3) is 1.00. The lowest BCUT2D eigenvalue weighted by atomic mass is 9.66. The molecule has 0 amide bonds. The van der Waals surface area contributed by atoms with Gasteiger partial charge in [-0.1, -0.05) is 40.0 Å². The van der Waals surface area contributed by atoms with E-state index in [0.29, 0.717) is 0 Å². The van der Waals surface area contributed by atoms with E-state index in [1.165, 1.54) is 19.3 Å². The van der Waals surface area contributed by atoms with Crippen molar-refractivity contribution in [2.24, 2.45) is 5.41 Å². The average Bonchev–Trinajstić information content (AvgIpc) is 2.18. The average molecular weight is 214 g/mol. The van der Waals surface area contributed by atoms with Crippen LogP contribution in [-0.2, 0) is 9.78 Å². The molecule has 0 aromatic carbocycles. The predicted octanol–water partition coefficient (Wildman–Crippen LogP) is 4.09. The molecule has 0 heterocycles. The van der Waals surface area contributed by atoms with Gasteiger partial charge in [0, 0.05) is 0 Å². The van der Waals surface area contributed by atoms with Gasteiger partial charge in [-0.05, 0) is 31.6 Å². The van der Waals surface area contributed by atoms with Gasteiger partial charge in [0.1, 0.15) is 5.60 Å². The Kier molecular flexibility index (Phi) is 4.60. The number of unbranched alkanes of at least 4 members (excludes halogenated alkanes) is 1. The number of hydrogen-bond donors (Lipinski definition) is 0. The van der Waals surface area contributed by atoms with E-state index in [9.17, 15) is 0 Å². The Bertz CT molecular complexity index is 189. The van der Waals surface area contributed by atoms with Crippen molar-refractivity contribution in [3.63, 3.8) is 0 Å². The van der Waals surface area contributed by atoms with Crippen LogP contribution in [0.2, 0.25) is 0 Å². The summed E-state index contributed by atoms with van der Waals surface area (Å²) in [5, 5.41) is 0. The van der Waals surface area contributed by atoms with Crippen molar-refractivity contribution < 1.29 is 9.78 Å². The largest absolute Gasteiger partial charge is 0.236 e. The van der Waals surface area contributed by atoms with E-state index >= 15 is 0 Å². The fourth-order valence-corrected chi connectivity index (χ4v) is 2.16. The van der Waals surface area contributed by atoms with E-state index in [0.717, 1.165) is 25.9 Å². The monoisotopic (exact) mass is 214 g/mol. The van der Waals surface area contributed by atoms with Gasteiger partial charge >= 0.3 is 0 Å². The van der Waals surface area contributed by atoms with Crippen LogP contribution >= 0.6 is 0 Å². The SMILES string of the molecule is CCCCOOC1(C)CCCCC1(C)C. The zero-order valence-corrected chi connectivity index (χ0v) is 10.8. The lowest BCUT2D eigenvalue weighted by Gasteiger charge is -2.46. The Morgan fingerprint density at radius 1 is 1.07 bits per heavy atom. The molecule has 1 rings (SSSR count). The molecule has 0 aromatic heterocycles. The molecule has 1 atom stereocenters. The minimum Gasteiger partial charge on any atom is -0.236 e. The zero-order valence-electron chi connectivity index (χ0n) is 10.8. The minimum atomic E-state index is -0.0982. The maximum absolute atomic E-state index is 5.69. The standard InChI is InChI=1S/C13H26O2/c1-5-6-11-14-15-13(4)10-8-7-9-12(13,2)3/h5-11H2,1-4H3. The molecule has 1 saturated carbocycles. The van der Waals surface area contributed by atoms with Gasteiger partial charge in [0.05, 0.1) is 6.61 Å². The Morgan fingerprint density at radius 3 is 2.33 bits per heavy atom. The third-order valence-electron chi connectivity index (χ3n) is 3.96. The third-order valence-corrected chi connectivity index (χ3v) is 3.96. The van der Waals surface area contributed by atoms with Crippen molar-refractivity contribution >= 4 is 0 Å². The Hall–Kier alpha value is -0.0800. The first-order valence-corrected chi connectivity index (χ1v) is 6.32. The molecule has 0 N–H and O–H groups in total. The molecule has 0 spiro atoms. The second-order valence-electron chi connectivity index (χ2n) is 5.58. The summed E-state index contributed by atoms with van der Waals surface area (Å²) in [6.45, 7) is 9.65. The molecule has 1 unspecified atom stereocenters. The topological polar surface area (TPSA) is 18.5 Å². The van der Waals surface area contributed by atoms with Gasteiger partial charge in [-0.25, -0.2) is 9.78 Å². The summed E-state index contributed by atoms with van der Waals surface area (Å²) in [4.78, 5) is 11.0. The summed E-state index contributed by atoms with van der Waals surface area (Å²) in [5.41, 5.74) is 0.135. The molecule has 0 saturated heterocycles. The molecule has 1 aliphatic rings. The Labute approximate surface area is 94.3 Å². The van der Waals surface area contributed by atoms with E-state index in [2.05, 4.69) is 27.7 Å². The Balaban J connectivity index is 2.41. The predicted molar refractivity (Wildman–Crippen MR) is 62.6 cm³/mol. The Morgan fingerprint density at radius 2 is 1.73 bits per heavy atom. The van der Waals surface area contributed by atoms with E-state index in [1.54, 1.807) is 0 Å². The molecule has 2 nitrogen and oxygen atoms in total. The van der Waals surface area contributed by atoms with Crippen molar-refractivity contribution in [2.75, 3.05) is 6.61 Å². The quantitative estimate of drug-likeness (QED) is 0.390. The summed E-state index contributed by atoms with van der Waals surface area (Å²) < 4.78 is 0. The van der Waals surface area contributed by atoms with Gasteiger partial charge in [-0.15, -0.1) is 0 Å². The molecule has 15 heavy (non-hydrogen) atoms. The van der Waals surface area contributed by atoms with Gasteiger partial charge in [0.25, 0.3) is 0 Å². The maximum Gasteiger partial charge on any atom is 0.106 e. The van der Waals surface area contributed by atoms with Gasteiger partial charge < -0.3 is 0 Å². The van der Waals surface area contributed by atoms with Crippen LogP contribution in [-0.4, -0.2) is 12.2 Å². The van der Waals surface area contributed by atoms with Crippen LogP contribution in [0.5, 0.6) is 0 Å². The van der Waals surface area contributed by atoms with Crippen LogP contribution in [0.4, 0.5) is 0 Å². The lowest BCUT2D eigenvalue weighted by Crippen LogP contribution is -2.46. The van der Waals surface area contributed by atoms with Crippen LogP contribution in [0.15, 0.2) is 0 Å². The molecule has 1 aliphatic carbocycles. The van der Waals surface area contributed by atoms with Crippen molar-refractivity contribution in [3.05, 3.63) is 0 Å². The first-order chi connectivity index (χ1) is 7.02. The molecule has 2 heteroatoms. The van der Waals surface area contributed by atoms with Crippen LogP contribution in [0.3, 0.4) is 0 Å². The van der Waals surface area contributed by atoms with E-state index in [4.69, 9.17) is 9.78 Å². The normalized spacial score (nSPS) is 30.4. The first-order valence-electron chi connectivity index (χ1n) is 6.32. The van der Waals surface area contributed by atoms with Gasteiger partial charge in [-0.2, -0.15) is 0 Å². The summed E-state index contributed by atoms with van der Waals surface area (Å²) >= 11 is 0. The van der Waals surface area contributed by atoms with Gasteiger partial charge in [0.15, 0.2) is 0 Å². The highest BCUT2D eigenvalue weighted by molar-refractivity contribution is 4.93. The molecule has 0 aromatic rings. The van der Waals surface area contributed by atoms with Crippen molar-refractivity contribution in [2.45, 2.75) is 71.8 Å². The maximum atomic E-state index is 5.69. The van der Waals surface area contributed by atoms with Gasteiger partial charge in [0.2, 0.25) is 0 Å². The highest BCUT2D eigenvalue weighted by Crippen LogP contribution is 2.46. The smallest absolute Gasteiger partial charge is 0.106 e. The zero-order chi connectivity index (χ0) is 11.4. The second-order valence-corrected chi connectivity index (χ2v) is 5.58. The first kappa shape index (κ1) is 13.0. The molecule has 0 bridgehead atoms. The minimum absolute atomic E-state index is 0.0982. The molecule has 0 aliphatic heterocycles. The summed E-state index contributed by atoms with van der Waals surface area (Å²) in [7, 11) is 0. The third kappa shape index (κ3) is 3.18. The molecule has 1 fully saturated rings. The van der Waals surface area contributed by atoms with Crippen LogP contribution in [0, 0.1) is 5.41 Å². The van der Waals surface area contributed by atoms with Crippen molar-refractivity contribution in [3.8, 4) is 0 Å². The molecular formula is C13H26O2. The highest BCUT2D eigenvalue weighted by atomic mass is 17.2. The van der Waals surface area contributed by atoms with E-state index < -0.39 is 0 Å².